The van der Waals surface area contributed by atoms with Crippen molar-refractivity contribution in [3.8, 4) is 0 Å². The Morgan fingerprint density at radius 3 is 2.24 bits per heavy atom. The monoisotopic (exact) mass is 335 g/mol. The van der Waals surface area contributed by atoms with E-state index in [0.29, 0.717) is 11.5 Å². The van der Waals surface area contributed by atoms with Crippen LogP contribution in [0.1, 0.15) is 47.5 Å². The predicted molar refractivity (Wildman–Crippen MR) is 103 cm³/mol. The maximum absolute atomic E-state index is 12.2. The largest absolute Gasteiger partial charge is 0.378 e. The van der Waals surface area contributed by atoms with Gasteiger partial charge in [-0.25, -0.2) is 5.43 Å². The summed E-state index contributed by atoms with van der Waals surface area (Å²) in [6.07, 6.45) is 4.07. The number of hydrogen-bond donors (Lipinski definition) is 1. The standard InChI is InChI=1S/C21H25N3O/c1-24(2)20-14-10-18(11-15-20)21(25)23-22-19-12-8-17(9-13-19)16-6-4-3-5-7-16/h3-7,10-11,14-15,17H,8-9,12-13H2,1-2H3,(H,23,25). The molecule has 2 aromatic carbocycles. The molecule has 3 rings (SSSR count). The molecule has 0 aliphatic heterocycles. The lowest BCUT2D eigenvalue weighted by Crippen LogP contribution is -2.22. The van der Waals surface area contributed by atoms with Crippen molar-refractivity contribution in [1.82, 2.24) is 5.43 Å². The van der Waals surface area contributed by atoms with Gasteiger partial charge < -0.3 is 4.90 Å². The number of carbonyl (C=O) groups excluding carboxylic acids is 1. The molecule has 0 atom stereocenters. The van der Waals surface area contributed by atoms with Crippen molar-refractivity contribution in [3.05, 3.63) is 65.7 Å². The van der Waals surface area contributed by atoms with Gasteiger partial charge in [0.2, 0.25) is 0 Å². The number of carbonyl (C=O) groups is 1. The normalized spacial score (nSPS) is 17.0. The summed E-state index contributed by atoms with van der Waals surface area (Å²) < 4.78 is 0. The molecule has 1 amide bonds. The zero-order chi connectivity index (χ0) is 17.6. The molecule has 0 heterocycles. The average molecular weight is 335 g/mol. The van der Waals surface area contributed by atoms with E-state index in [1.807, 2.05) is 43.3 Å². The molecule has 1 fully saturated rings. The van der Waals surface area contributed by atoms with Gasteiger partial charge in [-0.3, -0.25) is 4.79 Å². The number of benzene rings is 2. The van der Waals surface area contributed by atoms with Crippen LogP contribution >= 0.6 is 0 Å². The van der Waals surface area contributed by atoms with Crippen LogP contribution in [0.3, 0.4) is 0 Å². The molecule has 4 heteroatoms. The second kappa shape index (κ2) is 7.97. The molecular weight excluding hydrogens is 310 g/mol. The summed E-state index contributed by atoms with van der Waals surface area (Å²) in [6, 6.07) is 18.2. The van der Waals surface area contributed by atoms with Crippen LogP contribution in [0, 0.1) is 0 Å². The minimum Gasteiger partial charge on any atom is -0.378 e. The third-order valence-corrected chi connectivity index (χ3v) is 4.80. The summed E-state index contributed by atoms with van der Waals surface area (Å²) >= 11 is 0. The van der Waals surface area contributed by atoms with Gasteiger partial charge in [0.05, 0.1) is 0 Å². The first-order valence-electron chi connectivity index (χ1n) is 8.81. The Bertz CT molecular complexity index is 725. The van der Waals surface area contributed by atoms with Crippen molar-refractivity contribution >= 4 is 17.3 Å². The van der Waals surface area contributed by atoms with E-state index in [-0.39, 0.29) is 5.91 Å². The Kier molecular flexibility index (Phi) is 5.49. The highest BCUT2D eigenvalue weighted by atomic mass is 16.2. The predicted octanol–water partition coefficient (Wildman–Crippen LogP) is 4.20. The first-order chi connectivity index (χ1) is 12.1. The highest BCUT2D eigenvalue weighted by Gasteiger charge is 2.19. The molecule has 1 aliphatic rings. The molecule has 1 saturated carbocycles. The molecule has 130 valence electrons. The fourth-order valence-corrected chi connectivity index (χ4v) is 3.23. The molecule has 0 saturated heterocycles. The lowest BCUT2D eigenvalue weighted by atomic mass is 9.83. The number of anilines is 1. The zero-order valence-electron chi connectivity index (χ0n) is 14.9. The van der Waals surface area contributed by atoms with E-state index >= 15 is 0 Å². The number of amides is 1. The van der Waals surface area contributed by atoms with Crippen LogP contribution in [0.15, 0.2) is 59.7 Å². The van der Waals surface area contributed by atoms with E-state index < -0.39 is 0 Å². The number of hydrazone groups is 1. The maximum atomic E-state index is 12.2. The lowest BCUT2D eigenvalue weighted by Gasteiger charge is -2.23. The van der Waals surface area contributed by atoms with Crippen molar-refractivity contribution < 1.29 is 4.79 Å². The average Bonchev–Trinajstić information content (AvgIpc) is 2.67. The lowest BCUT2D eigenvalue weighted by molar-refractivity contribution is 0.0954. The Labute approximate surface area is 149 Å². The van der Waals surface area contributed by atoms with Crippen LogP contribution in [-0.4, -0.2) is 25.7 Å². The van der Waals surface area contributed by atoms with Gasteiger partial charge in [0.15, 0.2) is 0 Å². The molecule has 2 aromatic rings. The molecule has 0 spiro atoms. The Balaban J connectivity index is 1.53. The smallest absolute Gasteiger partial charge is 0.271 e. The van der Waals surface area contributed by atoms with Gasteiger partial charge >= 0.3 is 0 Å². The minimum absolute atomic E-state index is 0.150. The molecule has 0 bridgehead atoms. The molecular formula is C21H25N3O. The molecule has 25 heavy (non-hydrogen) atoms. The first-order valence-corrected chi connectivity index (χ1v) is 8.81. The summed E-state index contributed by atoms with van der Waals surface area (Å²) in [5.41, 5.74) is 6.91. The summed E-state index contributed by atoms with van der Waals surface area (Å²) in [6.45, 7) is 0. The van der Waals surface area contributed by atoms with Crippen molar-refractivity contribution in [2.45, 2.75) is 31.6 Å². The molecule has 4 nitrogen and oxygen atoms in total. The summed E-state index contributed by atoms with van der Waals surface area (Å²) in [7, 11) is 3.96. The maximum Gasteiger partial charge on any atom is 0.271 e. The number of rotatable bonds is 4. The fraction of sp³-hybridized carbons (Fsp3) is 0.333. The zero-order valence-corrected chi connectivity index (χ0v) is 14.9. The number of nitrogens with zero attached hydrogens (tertiary/aromatic N) is 2. The van der Waals surface area contributed by atoms with Crippen LogP contribution in [0.4, 0.5) is 5.69 Å². The number of nitrogens with one attached hydrogen (secondary N) is 1. The highest BCUT2D eigenvalue weighted by molar-refractivity contribution is 5.95. The van der Waals surface area contributed by atoms with Crippen LogP contribution < -0.4 is 10.3 Å². The molecule has 0 radical (unpaired) electrons. The first kappa shape index (κ1) is 17.2. The van der Waals surface area contributed by atoms with Crippen LogP contribution in [0.5, 0.6) is 0 Å². The molecule has 0 unspecified atom stereocenters. The van der Waals surface area contributed by atoms with E-state index in [9.17, 15) is 4.79 Å². The third kappa shape index (κ3) is 4.47. The van der Waals surface area contributed by atoms with Crippen molar-refractivity contribution in [2.24, 2.45) is 5.10 Å². The van der Waals surface area contributed by atoms with E-state index in [4.69, 9.17) is 0 Å². The van der Waals surface area contributed by atoms with Crippen LogP contribution in [0.2, 0.25) is 0 Å². The quantitative estimate of drug-likeness (QED) is 0.851. The van der Waals surface area contributed by atoms with E-state index in [2.05, 4.69) is 40.9 Å². The van der Waals surface area contributed by atoms with Crippen LogP contribution in [-0.2, 0) is 0 Å². The van der Waals surface area contributed by atoms with E-state index in [0.717, 1.165) is 37.1 Å². The van der Waals surface area contributed by atoms with Crippen molar-refractivity contribution in [2.75, 3.05) is 19.0 Å². The van der Waals surface area contributed by atoms with Gasteiger partial charge in [-0.05, 0) is 61.4 Å². The van der Waals surface area contributed by atoms with Gasteiger partial charge in [-0.1, -0.05) is 30.3 Å². The minimum atomic E-state index is -0.150. The van der Waals surface area contributed by atoms with Gasteiger partial charge in [-0.2, -0.15) is 5.10 Å². The molecule has 0 aromatic heterocycles. The summed E-state index contributed by atoms with van der Waals surface area (Å²) in [5, 5.41) is 4.35. The summed E-state index contributed by atoms with van der Waals surface area (Å²) in [4.78, 5) is 14.2. The van der Waals surface area contributed by atoms with Gasteiger partial charge in [0, 0.05) is 31.1 Å². The molecule has 1 aliphatic carbocycles. The SMILES string of the molecule is CN(C)c1ccc(C(=O)NN=C2CCC(c3ccccc3)CC2)cc1. The summed E-state index contributed by atoms with van der Waals surface area (Å²) in [5.74, 6) is 0.456. The van der Waals surface area contributed by atoms with E-state index in [1.54, 1.807) is 0 Å². The van der Waals surface area contributed by atoms with Gasteiger partial charge in [0.25, 0.3) is 5.91 Å². The topological polar surface area (TPSA) is 44.7 Å². The number of hydrogen-bond acceptors (Lipinski definition) is 3. The Hall–Kier alpha value is -2.62. The van der Waals surface area contributed by atoms with Gasteiger partial charge in [-0.15, -0.1) is 0 Å². The Morgan fingerprint density at radius 1 is 1.00 bits per heavy atom. The highest BCUT2D eigenvalue weighted by Crippen LogP contribution is 2.31. The third-order valence-electron chi connectivity index (χ3n) is 4.80. The van der Waals surface area contributed by atoms with Crippen molar-refractivity contribution in [3.63, 3.8) is 0 Å². The van der Waals surface area contributed by atoms with Gasteiger partial charge in [0.1, 0.15) is 0 Å². The molecule has 1 N–H and O–H groups in total. The van der Waals surface area contributed by atoms with Crippen LogP contribution in [0.25, 0.3) is 0 Å². The van der Waals surface area contributed by atoms with Crippen molar-refractivity contribution in [1.29, 1.82) is 0 Å². The fourth-order valence-electron chi connectivity index (χ4n) is 3.23. The van der Waals surface area contributed by atoms with E-state index in [1.165, 1.54) is 5.56 Å². The second-order valence-electron chi connectivity index (χ2n) is 6.75. The second-order valence-corrected chi connectivity index (χ2v) is 6.75. The Morgan fingerprint density at radius 2 is 1.64 bits per heavy atom.